The minimum Gasteiger partial charge on any atom is -0.459 e. The number of hydrogen-bond donors (Lipinski definition) is 2. The van der Waals surface area contributed by atoms with Crippen LogP contribution in [-0.2, 0) is 24.6 Å². The zero-order valence-electron chi connectivity index (χ0n) is 26.6. The molecule has 3 aliphatic rings. The molecule has 3 N–H and O–H groups in total. The molecule has 0 radical (unpaired) electrons. The average Bonchev–Trinajstić information content (AvgIpc) is 3.34. The van der Waals surface area contributed by atoms with Crippen LogP contribution < -0.4 is 15.2 Å². The molecule has 1 aromatic heterocycles. The molecule has 2 amide bonds. The second kappa shape index (κ2) is 13.2. The lowest BCUT2D eigenvalue weighted by Crippen LogP contribution is -2.50. The van der Waals surface area contributed by atoms with E-state index in [4.69, 9.17) is 15.5 Å². The molecule has 1 aliphatic carbocycles. The molecule has 45 heavy (non-hydrogen) atoms. The first-order chi connectivity index (χ1) is 21.4. The number of imidazole rings is 1. The van der Waals surface area contributed by atoms with Crippen LogP contribution in [0.15, 0.2) is 36.4 Å². The molecule has 1 aromatic carbocycles. The summed E-state index contributed by atoms with van der Waals surface area (Å²) in [6.07, 6.45) is 8.50. The molecule has 0 bridgehead atoms. The molecule has 1 unspecified atom stereocenters. The molecule has 0 spiro atoms. The van der Waals surface area contributed by atoms with Crippen molar-refractivity contribution in [3.05, 3.63) is 36.4 Å². The van der Waals surface area contributed by atoms with Gasteiger partial charge in [-0.05, 0) is 57.1 Å². The molecule has 2 aliphatic heterocycles. The maximum atomic E-state index is 14.1. The van der Waals surface area contributed by atoms with Crippen LogP contribution in [0.4, 0.5) is 0 Å². The Morgan fingerprint density at radius 3 is 2.71 bits per heavy atom. The van der Waals surface area contributed by atoms with Crippen molar-refractivity contribution in [2.75, 3.05) is 20.6 Å². The number of benzene rings is 1. The average molecular weight is 643 g/mol. The number of ketones is 1. The van der Waals surface area contributed by atoms with Gasteiger partial charge in [0.15, 0.2) is 5.78 Å². The van der Waals surface area contributed by atoms with E-state index in [1.807, 2.05) is 41.0 Å². The highest BCUT2D eigenvalue weighted by Gasteiger charge is 2.61. The molecule has 1 saturated carbocycles. The molecule has 2 fully saturated rings. The van der Waals surface area contributed by atoms with Crippen molar-refractivity contribution in [3.8, 4) is 6.01 Å². The lowest BCUT2D eigenvalue weighted by Gasteiger charge is -2.27. The van der Waals surface area contributed by atoms with Gasteiger partial charge < -0.3 is 15.4 Å². The minimum absolute atomic E-state index is 0.104. The van der Waals surface area contributed by atoms with Crippen LogP contribution in [-0.4, -0.2) is 83.6 Å². The summed E-state index contributed by atoms with van der Waals surface area (Å²) in [6, 6.07) is 6.70. The van der Waals surface area contributed by atoms with E-state index in [0.29, 0.717) is 18.9 Å². The summed E-state index contributed by atoms with van der Waals surface area (Å²) in [4.78, 5) is 47.6. The third-order valence-electron chi connectivity index (χ3n) is 9.63. The van der Waals surface area contributed by atoms with Gasteiger partial charge in [-0.1, -0.05) is 44.1 Å². The van der Waals surface area contributed by atoms with Gasteiger partial charge in [0.2, 0.25) is 11.8 Å². The maximum absolute atomic E-state index is 14.1. The number of nitrogens with zero attached hydrogens (tertiary/aromatic N) is 4. The van der Waals surface area contributed by atoms with E-state index in [2.05, 4.69) is 18.6 Å². The van der Waals surface area contributed by atoms with Crippen LogP contribution in [0.5, 0.6) is 6.01 Å². The second-order valence-corrected chi connectivity index (χ2v) is 14.9. The summed E-state index contributed by atoms with van der Waals surface area (Å²) in [7, 11) is -1.39. The smallest absolute Gasteiger partial charge is 0.303 e. The van der Waals surface area contributed by atoms with Crippen LogP contribution in [0, 0.1) is 11.3 Å². The molecule has 5 rings (SSSR count). The third kappa shape index (κ3) is 6.80. The third-order valence-corrected chi connectivity index (χ3v) is 11.0. The number of fused-ring (bicyclic) bond motifs is 3. The van der Waals surface area contributed by atoms with E-state index >= 15 is 0 Å². The topological polar surface area (TPSA) is 157 Å². The number of Topliss-reactive ketones (excluding diaryl/α,β-unsaturated/α-hetero) is 1. The number of nitrogens with two attached hydrogens (primary N) is 1. The number of nitrogens with one attached hydrogen (secondary N) is 1. The monoisotopic (exact) mass is 642 g/mol. The van der Waals surface area contributed by atoms with E-state index in [1.54, 1.807) is 0 Å². The van der Waals surface area contributed by atoms with Gasteiger partial charge in [0.1, 0.15) is 6.10 Å². The number of amides is 2. The van der Waals surface area contributed by atoms with E-state index in [0.717, 1.165) is 47.4 Å². The predicted molar refractivity (Wildman–Crippen MR) is 170 cm³/mol. The van der Waals surface area contributed by atoms with E-state index in [-0.39, 0.29) is 43.0 Å². The summed E-state index contributed by atoms with van der Waals surface area (Å²) >= 11 is 0. The van der Waals surface area contributed by atoms with Crippen molar-refractivity contribution in [2.24, 2.45) is 17.1 Å². The quantitative estimate of drug-likeness (QED) is 0.437. The SMILES string of the molecule is CCC(C)n1c(O[C@@H]2C[C@H]3C(=O)C[C@]4(C(=O)NS(=O)(=O)N(C)C)C[C@H]4/C=C\CCCCC[C@H](N)C(=O)N3C2)nc2ccccc21. The zero-order chi connectivity index (χ0) is 32.5. The Morgan fingerprint density at radius 1 is 1.22 bits per heavy atom. The Balaban J connectivity index is 1.44. The fourth-order valence-electron chi connectivity index (χ4n) is 6.56. The summed E-state index contributed by atoms with van der Waals surface area (Å²) in [5.41, 5.74) is 6.92. The van der Waals surface area contributed by atoms with Gasteiger partial charge in [-0.3, -0.25) is 19.0 Å². The van der Waals surface area contributed by atoms with Gasteiger partial charge in [0.25, 0.3) is 6.01 Å². The molecule has 3 heterocycles. The standard InChI is InChI=1S/C32H46N6O6S/c1-5-21(2)38-26-16-12-11-15-25(26)34-31(38)44-23-17-27-28(39)19-32(30(41)35-45(42,43)36(3)4)18-22(32)13-9-7-6-8-10-14-24(33)29(40)37(27)20-23/h9,11-13,15-16,21-24,27H,5-8,10,14,17-20,33H2,1-4H3,(H,35,41)/b13-9-/t21?,22-,23-,24+,27+,32-/m1/s1. The fraction of sp³-hybridized carbons (Fsp3) is 0.625. The Bertz CT molecular complexity index is 1570. The largest absolute Gasteiger partial charge is 0.459 e. The molecular weight excluding hydrogens is 596 g/mol. The zero-order valence-corrected chi connectivity index (χ0v) is 27.5. The first kappa shape index (κ1) is 33.1. The number of hydrogen-bond acceptors (Lipinski definition) is 8. The van der Waals surface area contributed by atoms with Crippen LogP contribution >= 0.6 is 0 Å². The van der Waals surface area contributed by atoms with Crippen molar-refractivity contribution < 1.29 is 27.5 Å². The number of para-hydroxylation sites is 2. The molecule has 2 aromatic rings. The predicted octanol–water partition coefficient (Wildman–Crippen LogP) is 3.09. The van der Waals surface area contributed by atoms with Crippen molar-refractivity contribution in [1.29, 1.82) is 0 Å². The number of carbonyl (C=O) groups excluding carboxylic acids is 3. The van der Waals surface area contributed by atoms with Crippen LogP contribution in [0.2, 0.25) is 0 Å². The highest BCUT2D eigenvalue weighted by molar-refractivity contribution is 7.87. The maximum Gasteiger partial charge on any atom is 0.303 e. The number of ether oxygens (including phenoxy) is 1. The van der Waals surface area contributed by atoms with Gasteiger partial charge in [-0.15, -0.1) is 0 Å². The van der Waals surface area contributed by atoms with Crippen LogP contribution in [0.3, 0.4) is 0 Å². The summed E-state index contributed by atoms with van der Waals surface area (Å²) in [5.74, 6) is -1.60. The Morgan fingerprint density at radius 2 is 1.98 bits per heavy atom. The van der Waals surface area contributed by atoms with Crippen molar-refractivity contribution in [2.45, 2.75) is 95.9 Å². The molecule has 246 valence electrons. The lowest BCUT2D eigenvalue weighted by atomic mass is 9.91. The second-order valence-electron chi connectivity index (χ2n) is 13.0. The first-order valence-electron chi connectivity index (χ1n) is 16.0. The molecule has 6 atom stereocenters. The fourth-order valence-corrected chi connectivity index (χ4v) is 7.18. The molecule has 1 saturated heterocycles. The summed E-state index contributed by atoms with van der Waals surface area (Å²) in [6.45, 7) is 4.34. The van der Waals surface area contributed by atoms with Crippen molar-refractivity contribution >= 4 is 38.8 Å². The lowest BCUT2D eigenvalue weighted by molar-refractivity contribution is -0.140. The van der Waals surface area contributed by atoms with Gasteiger partial charge >= 0.3 is 10.2 Å². The molecular formula is C32H46N6O6S. The summed E-state index contributed by atoms with van der Waals surface area (Å²) < 4.78 is 36.7. The highest BCUT2D eigenvalue weighted by Crippen LogP contribution is 2.57. The normalized spacial score (nSPS) is 29.4. The van der Waals surface area contributed by atoms with Crippen molar-refractivity contribution in [1.82, 2.24) is 23.5 Å². The van der Waals surface area contributed by atoms with E-state index in [9.17, 15) is 22.8 Å². The Labute approximate surface area is 265 Å². The first-order valence-corrected chi connectivity index (χ1v) is 17.5. The number of rotatable bonds is 7. The molecule has 12 nitrogen and oxygen atoms in total. The van der Waals surface area contributed by atoms with Gasteiger partial charge in [0.05, 0.1) is 35.1 Å². The number of allylic oxidation sites excluding steroid dienone is 2. The Hall–Kier alpha value is -3.29. The minimum atomic E-state index is -4.06. The highest BCUT2D eigenvalue weighted by atomic mass is 32.2. The summed E-state index contributed by atoms with van der Waals surface area (Å²) in [5, 5.41) is 0. The van der Waals surface area contributed by atoms with Crippen molar-refractivity contribution in [3.63, 3.8) is 0 Å². The van der Waals surface area contributed by atoms with E-state index < -0.39 is 39.7 Å². The van der Waals surface area contributed by atoms with E-state index in [1.165, 1.54) is 19.0 Å². The van der Waals surface area contributed by atoms with Crippen LogP contribution in [0.25, 0.3) is 11.0 Å². The van der Waals surface area contributed by atoms with Crippen LogP contribution in [0.1, 0.15) is 77.7 Å². The number of aromatic nitrogens is 2. The number of carbonyl (C=O) groups is 3. The Kier molecular flexibility index (Phi) is 9.71. The van der Waals surface area contributed by atoms with Gasteiger partial charge in [-0.2, -0.15) is 17.7 Å². The van der Waals surface area contributed by atoms with Gasteiger partial charge in [0, 0.05) is 33.0 Å². The molecule has 13 heteroatoms. The van der Waals surface area contributed by atoms with Gasteiger partial charge in [-0.25, -0.2) is 4.72 Å².